The molecule has 378 valence electrons. The van der Waals surface area contributed by atoms with Crippen molar-refractivity contribution >= 4 is 45.6 Å². The van der Waals surface area contributed by atoms with Gasteiger partial charge in [0, 0.05) is 58.4 Å². The minimum Gasteiger partial charge on any atom is -0.870 e. The van der Waals surface area contributed by atoms with Crippen molar-refractivity contribution in [3.8, 4) is 0 Å². The predicted octanol–water partition coefficient (Wildman–Crippen LogP) is 8.35. The maximum Gasteiger partial charge on any atom is 1.00 e. The van der Waals surface area contributed by atoms with Crippen molar-refractivity contribution in [2.45, 2.75) is 122 Å². The number of carbonyl (C=O) groups is 4. The van der Waals surface area contributed by atoms with Gasteiger partial charge in [0.1, 0.15) is 0 Å². The number of ether oxygens (including phenoxy) is 1. The van der Waals surface area contributed by atoms with Crippen molar-refractivity contribution in [2.24, 2.45) is 10.8 Å². The smallest absolute Gasteiger partial charge is 0.870 e. The molecule has 6 aliphatic carbocycles. The van der Waals surface area contributed by atoms with Crippen LogP contribution in [0, 0.1) is 10.8 Å². The second-order valence-corrected chi connectivity index (χ2v) is 19.9. The number of carbonyl (C=O) groups excluding carboxylic acids is 3. The van der Waals surface area contributed by atoms with Gasteiger partial charge in [0.05, 0.1) is 42.2 Å². The standard InChI is InChI=1S/C27H27F3N2O3.C26H25F3N2O3.CH4.Na.H2O/c1-3-32-13-20(24(34)31-26-14-25(15-26,16-26)12-22(33)35-2)23-18(5-4-6-21(23)32)11-17-7-9-19(10-8-17)27(28,29)30;1-2-31-12-19(23(34)30-25-13-24(14-25,15-25)11-21(32)33)22-17(4-3-5-20(22)31)10-16-6-8-18(9-7-16)26(27,28)29;;;/h4-10,13H,3,11-12,14-16H2,1-2H3,(H,31,34);3-9,12H,2,10-11,13-15H2,1H3,(H,30,34)(H,32,33);1H4;;1H2/q;;;+1;/p-1. The van der Waals surface area contributed by atoms with E-state index in [1.807, 2.05) is 71.8 Å². The zero-order chi connectivity index (χ0) is 49.3. The number of amides is 2. The van der Waals surface area contributed by atoms with Crippen molar-refractivity contribution in [3.63, 3.8) is 0 Å². The summed E-state index contributed by atoms with van der Waals surface area (Å²) in [6.07, 6.45) is 0.613. The molecule has 4 N–H and O–H groups in total. The van der Waals surface area contributed by atoms with Crippen LogP contribution in [-0.2, 0) is 52.6 Å². The third kappa shape index (κ3) is 10.6. The number of rotatable bonds is 14. The van der Waals surface area contributed by atoms with Crippen molar-refractivity contribution < 1.29 is 90.4 Å². The van der Waals surface area contributed by atoms with Gasteiger partial charge in [-0.2, -0.15) is 26.3 Å². The summed E-state index contributed by atoms with van der Waals surface area (Å²) in [5.74, 6) is -1.38. The molecular formula is C54H57F6N4NaO7. The number of nitrogens with zero attached hydrogens (tertiary/aromatic N) is 2. The van der Waals surface area contributed by atoms with Gasteiger partial charge in [-0.3, -0.25) is 19.2 Å². The van der Waals surface area contributed by atoms with Crippen LogP contribution in [0.15, 0.2) is 97.3 Å². The molecule has 18 heteroatoms. The zero-order valence-corrected chi connectivity index (χ0v) is 41.8. The number of aromatic nitrogens is 2. The number of alkyl halides is 6. The number of aliphatic carboxylic acids is 1. The molecule has 12 rings (SSSR count). The van der Waals surface area contributed by atoms with Gasteiger partial charge < -0.3 is 35.1 Å². The minimum absolute atomic E-state index is 0. The quantitative estimate of drug-likeness (QED) is 0.0562. The summed E-state index contributed by atoms with van der Waals surface area (Å²) < 4.78 is 86.4. The molecule has 2 aromatic heterocycles. The Labute approximate surface area is 435 Å². The number of nitrogens with one attached hydrogen (secondary N) is 2. The molecule has 0 spiro atoms. The Bertz CT molecular complexity index is 2980. The number of methoxy groups -OCH3 is 1. The largest absolute Gasteiger partial charge is 1.00 e. The molecule has 6 aromatic rings. The van der Waals surface area contributed by atoms with Crippen LogP contribution < -0.4 is 40.2 Å². The van der Waals surface area contributed by atoms with Crippen LogP contribution in [0.4, 0.5) is 26.3 Å². The molecule has 0 radical (unpaired) electrons. The Hall–Kier alpha value is -5.62. The molecule has 6 aliphatic rings. The molecule has 2 amide bonds. The summed E-state index contributed by atoms with van der Waals surface area (Å²) >= 11 is 0. The van der Waals surface area contributed by atoms with Crippen LogP contribution in [-0.4, -0.2) is 61.7 Å². The normalized spacial score (nSPS) is 22.1. The fourth-order valence-corrected chi connectivity index (χ4v) is 12.0. The molecular weight excluding hydrogens is 954 g/mol. The molecule has 0 saturated heterocycles. The average molecular weight is 1010 g/mol. The number of esters is 1. The number of hydrogen-bond acceptors (Lipinski definition) is 6. The van der Waals surface area contributed by atoms with Crippen LogP contribution in [0.2, 0.25) is 0 Å². The van der Waals surface area contributed by atoms with Gasteiger partial charge in [-0.25, -0.2) is 0 Å². The van der Waals surface area contributed by atoms with Crippen molar-refractivity contribution in [1.29, 1.82) is 0 Å². The summed E-state index contributed by atoms with van der Waals surface area (Å²) in [4.78, 5) is 49.5. The van der Waals surface area contributed by atoms with E-state index in [9.17, 15) is 45.5 Å². The molecule has 6 fully saturated rings. The number of fused-ring (bicyclic) bond motifs is 2. The van der Waals surface area contributed by atoms with Gasteiger partial charge in [0.25, 0.3) is 11.8 Å². The number of carboxylic acid groups (broad SMARTS) is 1. The maximum atomic E-state index is 13.4. The number of halogens is 6. The summed E-state index contributed by atoms with van der Waals surface area (Å²) in [6, 6.07) is 21.8. The zero-order valence-electron chi connectivity index (χ0n) is 39.8. The van der Waals surface area contributed by atoms with Crippen LogP contribution in [0.25, 0.3) is 21.8 Å². The summed E-state index contributed by atoms with van der Waals surface area (Å²) in [6.45, 7) is 5.34. The van der Waals surface area contributed by atoms with E-state index in [1.165, 1.54) is 31.4 Å². The van der Waals surface area contributed by atoms with Crippen molar-refractivity contribution in [2.75, 3.05) is 7.11 Å². The molecule has 0 unspecified atom stereocenters. The van der Waals surface area contributed by atoms with Gasteiger partial charge in [0.2, 0.25) is 0 Å². The molecule has 4 aromatic carbocycles. The van der Waals surface area contributed by atoms with Gasteiger partial charge in [-0.05, 0) is 135 Å². The Kier molecular flexibility index (Phi) is 15.7. The molecule has 0 atom stereocenters. The van der Waals surface area contributed by atoms with E-state index >= 15 is 0 Å². The van der Waals surface area contributed by atoms with Gasteiger partial charge in [0.15, 0.2) is 0 Å². The summed E-state index contributed by atoms with van der Waals surface area (Å²) in [7, 11) is 1.39. The maximum absolute atomic E-state index is 13.4. The third-order valence-electron chi connectivity index (χ3n) is 14.8. The second kappa shape index (κ2) is 20.4. The topological polar surface area (TPSA) is 162 Å². The van der Waals surface area contributed by atoms with E-state index in [2.05, 4.69) is 10.6 Å². The van der Waals surface area contributed by atoms with Crippen molar-refractivity contribution in [3.05, 3.63) is 142 Å². The molecule has 0 aliphatic heterocycles. The third-order valence-corrected chi connectivity index (χ3v) is 14.8. The van der Waals surface area contributed by atoms with E-state index in [0.717, 1.165) is 87.6 Å². The first-order valence-electron chi connectivity index (χ1n) is 23.1. The van der Waals surface area contributed by atoms with E-state index in [0.29, 0.717) is 62.7 Å². The van der Waals surface area contributed by atoms with E-state index in [-0.39, 0.29) is 88.6 Å². The fraction of sp³-hybridized carbons (Fsp3) is 0.407. The average Bonchev–Trinajstić information content (AvgIpc) is 3.84. The van der Waals surface area contributed by atoms with Gasteiger partial charge in [-0.1, -0.05) is 56.0 Å². The fourth-order valence-electron chi connectivity index (χ4n) is 12.0. The Balaban J connectivity index is 0.000000226. The molecule has 6 saturated carbocycles. The van der Waals surface area contributed by atoms with E-state index in [4.69, 9.17) is 9.84 Å². The van der Waals surface area contributed by atoms with Crippen LogP contribution in [0.3, 0.4) is 0 Å². The van der Waals surface area contributed by atoms with Gasteiger partial charge >= 0.3 is 53.8 Å². The van der Waals surface area contributed by atoms with Gasteiger partial charge in [-0.15, -0.1) is 0 Å². The number of hydrogen-bond donors (Lipinski definition) is 3. The first-order valence-corrected chi connectivity index (χ1v) is 23.1. The monoisotopic (exact) mass is 1010 g/mol. The number of aryl methyl sites for hydroxylation is 2. The first kappa shape index (κ1) is 55.7. The second-order valence-electron chi connectivity index (χ2n) is 19.9. The van der Waals surface area contributed by atoms with Crippen LogP contribution in [0.5, 0.6) is 0 Å². The Morgan fingerprint density at radius 1 is 0.611 bits per heavy atom. The first-order chi connectivity index (χ1) is 32.6. The minimum atomic E-state index is -4.38. The van der Waals surface area contributed by atoms with Crippen molar-refractivity contribution in [1.82, 2.24) is 19.8 Å². The predicted molar refractivity (Wildman–Crippen MR) is 254 cm³/mol. The van der Waals surface area contributed by atoms with Crippen LogP contribution in [0.1, 0.15) is 127 Å². The van der Waals surface area contributed by atoms with E-state index in [1.54, 1.807) is 0 Å². The Morgan fingerprint density at radius 3 is 1.29 bits per heavy atom. The molecule has 2 heterocycles. The molecule has 72 heavy (non-hydrogen) atoms. The van der Waals surface area contributed by atoms with E-state index < -0.39 is 29.4 Å². The van der Waals surface area contributed by atoms with Crippen LogP contribution >= 0.6 is 0 Å². The number of benzene rings is 4. The number of carboxylic acids is 1. The summed E-state index contributed by atoms with van der Waals surface area (Å²) in [5.41, 5.74) is 3.96. The SMILES string of the molecule is C.CCn1cc(C(=O)NC23CC(CC(=O)O)(C2)C3)c2c(Cc3ccc(C(F)(F)F)cc3)cccc21.CCn1cc(C(=O)NC23CC(CC(=O)OC)(C2)C3)c2c(Cc3ccc(C(F)(F)F)cc3)cccc21.[Na+].[OH-]. The molecule has 11 nitrogen and oxygen atoms in total. The molecule has 4 bridgehead atoms. The Morgan fingerprint density at radius 2 is 0.972 bits per heavy atom. The summed E-state index contributed by atoms with van der Waals surface area (Å²) in [5, 5.41) is 17.1.